The Balaban J connectivity index is 1.62. The average Bonchev–Trinajstić information content (AvgIpc) is 3.39. The monoisotopic (exact) mass is 375 g/mol. The average molecular weight is 375 g/mol. The van der Waals surface area contributed by atoms with E-state index < -0.39 is 10.0 Å². The van der Waals surface area contributed by atoms with Crippen LogP contribution in [-0.2, 0) is 16.6 Å². The molecule has 3 aromatic heterocycles. The van der Waals surface area contributed by atoms with Crippen LogP contribution in [0, 0.1) is 0 Å². The maximum Gasteiger partial charge on any atom is 0.250 e. The van der Waals surface area contributed by atoms with Crippen LogP contribution in [0.5, 0.6) is 0 Å². The maximum atomic E-state index is 12.7. The van der Waals surface area contributed by atoms with Crippen molar-refractivity contribution in [1.29, 1.82) is 0 Å². The molecule has 0 atom stereocenters. The number of rotatable bonds is 5. The Bertz CT molecular complexity index is 1060. The van der Waals surface area contributed by atoms with Crippen LogP contribution in [0.2, 0.25) is 0 Å². The molecule has 1 aliphatic heterocycles. The van der Waals surface area contributed by atoms with Gasteiger partial charge in [-0.05, 0) is 31.0 Å². The molecule has 0 aliphatic carbocycles. The lowest BCUT2D eigenvalue weighted by molar-refractivity contribution is 0.408. The normalized spacial score (nSPS) is 15.5. The van der Waals surface area contributed by atoms with Gasteiger partial charge in [0.2, 0.25) is 15.8 Å². The number of furan rings is 1. The van der Waals surface area contributed by atoms with Crippen LogP contribution in [0.15, 0.2) is 61.4 Å². The zero-order valence-corrected chi connectivity index (χ0v) is 14.7. The lowest BCUT2D eigenvalue weighted by Crippen LogP contribution is -2.29. The van der Waals surface area contributed by atoms with Gasteiger partial charge in [-0.25, -0.2) is 8.42 Å². The predicted molar refractivity (Wildman–Crippen MR) is 92.0 cm³/mol. The third-order valence-corrected chi connectivity index (χ3v) is 6.20. The Morgan fingerprint density at radius 2 is 1.92 bits per heavy atom. The van der Waals surface area contributed by atoms with Crippen LogP contribution in [0.25, 0.3) is 11.5 Å². The second kappa shape index (κ2) is 6.58. The fraction of sp³-hybridized carbons (Fsp3) is 0.294. The first kappa shape index (κ1) is 16.8. The Kier molecular flexibility index (Phi) is 4.25. The van der Waals surface area contributed by atoms with E-state index in [1.54, 1.807) is 18.2 Å². The molecule has 0 N–H and O–H groups in total. The van der Waals surface area contributed by atoms with Crippen molar-refractivity contribution in [2.45, 2.75) is 24.3 Å². The summed E-state index contributed by atoms with van der Waals surface area (Å²) in [6, 6.07) is 7.74. The second-order valence-corrected chi connectivity index (χ2v) is 8.04. The molecule has 136 valence electrons. The van der Waals surface area contributed by atoms with Crippen LogP contribution >= 0.6 is 0 Å². The molecule has 8 nitrogen and oxygen atoms in total. The molecule has 1 aliphatic rings. The third kappa shape index (κ3) is 3.11. The van der Waals surface area contributed by atoms with Gasteiger partial charge in [0.15, 0.2) is 5.76 Å². The van der Waals surface area contributed by atoms with Crippen LogP contribution in [0.3, 0.4) is 0 Å². The van der Waals surface area contributed by atoms with Gasteiger partial charge in [0.05, 0.1) is 17.7 Å². The third-order valence-electron chi connectivity index (χ3n) is 4.31. The summed E-state index contributed by atoms with van der Waals surface area (Å²) in [6.07, 6.45) is 4.59. The van der Waals surface area contributed by atoms with Crippen molar-refractivity contribution in [3.05, 3.63) is 58.8 Å². The summed E-state index contributed by atoms with van der Waals surface area (Å²) >= 11 is 0. The van der Waals surface area contributed by atoms with Crippen molar-refractivity contribution in [2.24, 2.45) is 0 Å². The number of nitrogens with zero attached hydrogens (tertiary/aromatic N) is 3. The fourth-order valence-corrected chi connectivity index (χ4v) is 4.50. The van der Waals surface area contributed by atoms with Gasteiger partial charge in [0.1, 0.15) is 5.69 Å². The predicted octanol–water partition coefficient (Wildman–Crippen LogP) is 1.93. The molecule has 0 aromatic carbocycles. The minimum absolute atomic E-state index is 0.104. The Morgan fingerprint density at radius 3 is 2.65 bits per heavy atom. The molecule has 0 bridgehead atoms. The van der Waals surface area contributed by atoms with Gasteiger partial charge >= 0.3 is 0 Å². The van der Waals surface area contributed by atoms with Gasteiger partial charge < -0.3 is 13.5 Å². The second-order valence-electron chi connectivity index (χ2n) is 6.10. The molecule has 0 spiro atoms. The number of sulfonamides is 1. The summed E-state index contributed by atoms with van der Waals surface area (Å²) in [6.45, 7) is 1.13. The fourth-order valence-electron chi connectivity index (χ4n) is 2.96. The lowest BCUT2D eigenvalue weighted by atomic mass is 10.3. The summed E-state index contributed by atoms with van der Waals surface area (Å²) in [7, 11) is -3.59. The number of aromatic nitrogens is 2. The first-order chi connectivity index (χ1) is 12.5. The van der Waals surface area contributed by atoms with E-state index in [9.17, 15) is 13.2 Å². The van der Waals surface area contributed by atoms with E-state index in [-0.39, 0.29) is 17.0 Å². The SMILES string of the molecule is O=c1ccc(S(=O)(=O)N2CCCC2)cn1Cc1cc(-c2ccco2)on1. The smallest absolute Gasteiger partial charge is 0.250 e. The van der Waals surface area contributed by atoms with E-state index >= 15 is 0 Å². The summed E-state index contributed by atoms with van der Waals surface area (Å²) in [5, 5.41) is 3.92. The highest BCUT2D eigenvalue weighted by Gasteiger charge is 2.27. The van der Waals surface area contributed by atoms with E-state index in [4.69, 9.17) is 8.94 Å². The van der Waals surface area contributed by atoms with Crippen molar-refractivity contribution in [2.75, 3.05) is 13.1 Å². The highest BCUT2D eigenvalue weighted by Crippen LogP contribution is 2.22. The highest BCUT2D eigenvalue weighted by molar-refractivity contribution is 7.89. The van der Waals surface area contributed by atoms with E-state index in [0.29, 0.717) is 30.3 Å². The number of hydrogen-bond donors (Lipinski definition) is 0. The number of hydrogen-bond acceptors (Lipinski definition) is 6. The summed E-state index contributed by atoms with van der Waals surface area (Å²) in [5.41, 5.74) is 0.183. The molecule has 1 fully saturated rings. The Hall–Kier alpha value is -2.65. The van der Waals surface area contributed by atoms with Crippen molar-refractivity contribution in [3.8, 4) is 11.5 Å². The Labute approximate surface area is 149 Å². The largest absolute Gasteiger partial charge is 0.461 e. The van der Waals surface area contributed by atoms with Crippen molar-refractivity contribution in [3.63, 3.8) is 0 Å². The van der Waals surface area contributed by atoms with Crippen LogP contribution < -0.4 is 5.56 Å². The topological polar surface area (TPSA) is 98.6 Å². The maximum absolute atomic E-state index is 12.7. The van der Waals surface area contributed by atoms with Gasteiger partial charge in [0, 0.05) is 31.4 Å². The van der Waals surface area contributed by atoms with Crippen LogP contribution in [0.1, 0.15) is 18.5 Å². The minimum Gasteiger partial charge on any atom is -0.461 e. The standard InChI is InChI=1S/C17H17N3O5S/c21-17-6-5-14(26(22,23)20-7-1-2-8-20)12-19(17)11-13-10-16(25-18-13)15-4-3-9-24-15/h3-6,9-10,12H,1-2,7-8,11H2. The molecule has 0 unspecified atom stereocenters. The first-order valence-corrected chi connectivity index (χ1v) is 9.68. The van der Waals surface area contributed by atoms with E-state index in [1.807, 2.05) is 0 Å². The zero-order valence-electron chi connectivity index (χ0n) is 13.9. The van der Waals surface area contributed by atoms with E-state index in [2.05, 4.69) is 5.16 Å². The zero-order chi connectivity index (χ0) is 18.1. The molecule has 26 heavy (non-hydrogen) atoms. The molecule has 9 heteroatoms. The van der Waals surface area contributed by atoms with Gasteiger partial charge in [-0.15, -0.1) is 0 Å². The molecular weight excluding hydrogens is 358 g/mol. The summed E-state index contributed by atoms with van der Waals surface area (Å²) in [4.78, 5) is 12.2. The van der Waals surface area contributed by atoms with Gasteiger partial charge in [-0.1, -0.05) is 5.16 Å². The molecule has 1 saturated heterocycles. The van der Waals surface area contributed by atoms with Gasteiger partial charge in [-0.2, -0.15) is 4.31 Å². The van der Waals surface area contributed by atoms with Gasteiger partial charge in [0.25, 0.3) is 5.56 Å². The van der Waals surface area contributed by atoms with Crippen LogP contribution in [0.4, 0.5) is 0 Å². The van der Waals surface area contributed by atoms with Crippen molar-refractivity contribution >= 4 is 10.0 Å². The molecule has 4 heterocycles. The quantitative estimate of drug-likeness (QED) is 0.676. The number of pyridine rings is 1. The minimum atomic E-state index is -3.59. The molecule has 0 amide bonds. The summed E-state index contributed by atoms with van der Waals surface area (Å²) in [5.74, 6) is 0.973. The molecular formula is C17H17N3O5S. The van der Waals surface area contributed by atoms with E-state index in [1.165, 1.54) is 33.5 Å². The molecule has 0 saturated carbocycles. The molecule has 4 rings (SSSR count). The highest BCUT2D eigenvalue weighted by atomic mass is 32.2. The van der Waals surface area contributed by atoms with Crippen molar-refractivity contribution < 1.29 is 17.4 Å². The van der Waals surface area contributed by atoms with E-state index in [0.717, 1.165) is 12.8 Å². The summed E-state index contributed by atoms with van der Waals surface area (Å²) < 4.78 is 38.6. The Morgan fingerprint density at radius 1 is 1.12 bits per heavy atom. The van der Waals surface area contributed by atoms with Gasteiger partial charge in [-0.3, -0.25) is 4.79 Å². The molecule has 0 radical (unpaired) electrons. The first-order valence-electron chi connectivity index (χ1n) is 8.24. The molecule has 3 aromatic rings. The van der Waals surface area contributed by atoms with Crippen LogP contribution in [-0.4, -0.2) is 35.5 Å². The van der Waals surface area contributed by atoms with Crippen molar-refractivity contribution in [1.82, 2.24) is 14.0 Å². The lowest BCUT2D eigenvalue weighted by Gasteiger charge is -2.16.